The highest BCUT2D eigenvalue weighted by Gasteiger charge is 2.39. The van der Waals surface area contributed by atoms with Gasteiger partial charge in [0.15, 0.2) is 17.2 Å². The minimum atomic E-state index is -2.02. The first-order chi connectivity index (χ1) is 10.0. The number of methoxy groups -OCH3 is 2. The van der Waals surface area contributed by atoms with Crippen molar-refractivity contribution in [3.05, 3.63) is 12.1 Å². The maximum atomic E-state index is 9.01. The van der Waals surface area contributed by atoms with Crippen molar-refractivity contribution >= 4 is 15.6 Å². The second-order valence-corrected chi connectivity index (χ2v) is 11.2. The average Bonchev–Trinajstić information content (AvgIpc) is 2.37. The zero-order valence-electron chi connectivity index (χ0n) is 14.3. The number of hydrogen-bond acceptors (Lipinski definition) is 6. The summed E-state index contributed by atoms with van der Waals surface area (Å²) >= 11 is 0. The highest BCUT2D eigenvalue weighted by molar-refractivity contribution is 6.74. The van der Waals surface area contributed by atoms with Gasteiger partial charge in [-0.1, -0.05) is 20.8 Å². The summed E-state index contributed by atoms with van der Waals surface area (Å²) in [6, 6.07) is 3.31. The minimum Gasteiger partial charge on any atom is -0.543 e. The predicted octanol–water partition coefficient (Wildman–Crippen LogP) is 2.44. The highest BCUT2D eigenvalue weighted by Crippen LogP contribution is 2.44. The molecule has 124 valence electrons. The van der Waals surface area contributed by atoms with Crippen LogP contribution in [0.1, 0.15) is 20.8 Å². The van der Waals surface area contributed by atoms with Gasteiger partial charge in [0.2, 0.25) is 8.32 Å². The standard InChI is InChI=1S/C14H25BO6Si/c1-14(2,3)22(6,7)21-10-8-11(18-4)13(20-15(16)17)12(9-10)19-5/h8-9,16-17H,1-7H3. The van der Waals surface area contributed by atoms with Gasteiger partial charge in [-0.2, -0.15) is 0 Å². The Balaban J connectivity index is 3.24. The molecule has 0 aliphatic carbocycles. The van der Waals surface area contributed by atoms with E-state index < -0.39 is 15.6 Å². The first-order valence-electron chi connectivity index (χ1n) is 6.99. The Labute approximate surface area is 133 Å². The Kier molecular flexibility index (Phi) is 5.77. The topological polar surface area (TPSA) is 77.4 Å². The normalized spacial score (nSPS) is 11.9. The molecule has 0 fully saturated rings. The molecule has 1 aromatic rings. The zero-order chi connectivity index (χ0) is 17.1. The van der Waals surface area contributed by atoms with Gasteiger partial charge in [0.05, 0.1) is 14.2 Å². The summed E-state index contributed by atoms with van der Waals surface area (Å²) in [4.78, 5) is 0. The molecule has 0 heterocycles. The molecule has 0 atom stereocenters. The van der Waals surface area contributed by atoms with E-state index in [1.807, 2.05) is 0 Å². The van der Waals surface area contributed by atoms with E-state index >= 15 is 0 Å². The van der Waals surface area contributed by atoms with Crippen molar-refractivity contribution in [2.45, 2.75) is 38.9 Å². The van der Waals surface area contributed by atoms with Crippen molar-refractivity contribution in [1.82, 2.24) is 0 Å². The predicted molar refractivity (Wildman–Crippen MR) is 88.2 cm³/mol. The van der Waals surface area contributed by atoms with E-state index in [0.29, 0.717) is 17.2 Å². The van der Waals surface area contributed by atoms with E-state index in [1.54, 1.807) is 12.1 Å². The van der Waals surface area contributed by atoms with E-state index in [-0.39, 0.29) is 10.8 Å². The minimum absolute atomic E-state index is 0.0456. The van der Waals surface area contributed by atoms with Crippen LogP contribution in [-0.2, 0) is 0 Å². The maximum absolute atomic E-state index is 9.01. The monoisotopic (exact) mass is 328 g/mol. The lowest BCUT2D eigenvalue weighted by molar-refractivity contribution is 0.269. The summed E-state index contributed by atoms with van der Waals surface area (Å²) in [5, 5.41) is 18.1. The molecule has 1 aromatic carbocycles. The summed E-state index contributed by atoms with van der Waals surface area (Å²) < 4.78 is 21.6. The Hall–Kier alpha value is -1.38. The molecule has 0 amide bonds. The Morgan fingerprint density at radius 1 is 1.00 bits per heavy atom. The third-order valence-electron chi connectivity index (χ3n) is 3.84. The van der Waals surface area contributed by atoms with E-state index in [0.717, 1.165) is 0 Å². The summed E-state index contributed by atoms with van der Waals surface area (Å²) in [6.07, 6.45) is 0. The molecule has 0 unspecified atom stereocenters. The molecule has 22 heavy (non-hydrogen) atoms. The molecule has 0 spiro atoms. The van der Waals surface area contributed by atoms with E-state index in [2.05, 4.69) is 33.9 Å². The first kappa shape index (κ1) is 18.7. The molecule has 0 aliphatic rings. The zero-order valence-corrected chi connectivity index (χ0v) is 15.3. The molecule has 2 N–H and O–H groups in total. The molecule has 0 aromatic heterocycles. The summed E-state index contributed by atoms with van der Waals surface area (Å²) in [6.45, 7) is 10.7. The average molecular weight is 328 g/mol. The van der Waals surface area contributed by atoms with Crippen molar-refractivity contribution in [2.24, 2.45) is 0 Å². The Morgan fingerprint density at radius 3 is 1.77 bits per heavy atom. The van der Waals surface area contributed by atoms with Crippen LogP contribution in [0.4, 0.5) is 0 Å². The molecule has 0 bridgehead atoms. The third kappa shape index (κ3) is 4.31. The fourth-order valence-electron chi connectivity index (χ4n) is 1.58. The molecule has 8 heteroatoms. The van der Waals surface area contributed by atoms with Crippen LogP contribution >= 0.6 is 0 Å². The second kappa shape index (κ2) is 6.80. The van der Waals surface area contributed by atoms with Crippen molar-refractivity contribution in [3.8, 4) is 23.0 Å². The van der Waals surface area contributed by atoms with Gasteiger partial charge in [-0.05, 0) is 18.1 Å². The molecule has 6 nitrogen and oxygen atoms in total. The van der Waals surface area contributed by atoms with Crippen LogP contribution in [0.15, 0.2) is 12.1 Å². The van der Waals surface area contributed by atoms with Crippen molar-refractivity contribution in [3.63, 3.8) is 0 Å². The van der Waals surface area contributed by atoms with Crippen LogP contribution in [0, 0.1) is 0 Å². The largest absolute Gasteiger partial charge is 0.707 e. The number of benzene rings is 1. The SMILES string of the molecule is COc1cc(O[Si](C)(C)C(C)(C)C)cc(OC)c1OB(O)O. The molecule has 1 rings (SSSR count). The Bertz CT molecular complexity index is 488. The van der Waals surface area contributed by atoms with E-state index in [9.17, 15) is 0 Å². The van der Waals surface area contributed by atoms with Gasteiger partial charge in [-0.15, -0.1) is 0 Å². The lowest BCUT2D eigenvalue weighted by Gasteiger charge is -2.36. The quantitative estimate of drug-likeness (QED) is 0.781. The highest BCUT2D eigenvalue weighted by atomic mass is 28.4. The van der Waals surface area contributed by atoms with Gasteiger partial charge in [0.1, 0.15) is 5.75 Å². The molecular weight excluding hydrogens is 303 g/mol. The maximum Gasteiger partial charge on any atom is 0.707 e. The molecular formula is C14H25BO6Si. The van der Waals surface area contributed by atoms with Crippen LogP contribution in [0.25, 0.3) is 0 Å². The third-order valence-corrected chi connectivity index (χ3v) is 8.19. The van der Waals surface area contributed by atoms with Gasteiger partial charge < -0.3 is 28.6 Å². The number of hydrogen-bond donors (Lipinski definition) is 2. The first-order valence-corrected chi connectivity index (χ1v) is 9.90. The van der Waals surface area contributed by atoms with Gasteiger partial charge in [-0.3, -0.25) is 0 Å². The lowest BCUT2D eigenvalue weighted by Crippen LogP contribution is -2.43. The second-order valence-electron chi connectivity index (χ2n) is 6.46. The smallest absolute Gasteiger partial charge is 0.543 e. The van der Waals surface area contributed by atoms with Crippen LogP contribution in [0.2, 0.25) is 18.1 Å². The number of rotatable bonds is 6. The van der Waals surface area contributed by atoms with Crippen LogP contribution in [0.3, 0.4) is 0 Å². The van der Waals surface area contributed by atoms with Crippen molar-refractivity contribution in [2.75, 3.05) is 14.2 Å². The Morgan fingerprint density at radius 2 is 1.45 bits per heavy atom. The van der Waals surface area contributed by atoms with Crippen molar-refractivity contribution in [1.29, 1.82) is 0 Å². The van der Waals surface area contributed by atoms with Crippen LogP contribution in [0.5, 0.6) is 23.0 Å². The van der Waals surface area contributed by atoms with E-state index in [4.69, 9.17) is 28.6 Å². The van der Waals surface area contributed by atoms with Gasteiger partial charge in [0, 0.05) is 12.1 Å². The van der Waals surface area contributed by atoms with Crippen molar-refractivity contribution < 1.29 is 28.6 Å². The molecule has 0 radical (unpaired) electrons. The summed E-state index contributed by atoms with van der Waals surface area (Å²) in [5.41, 5.74) is 0. The van der Waals surface area contributed by atoms with Gasteiger partial charge in [0.25, 0.3) is 0 Å². The lowest BCUT2D eigenvalue weighted by atomic mass is 10.2. The van der Waals surface area contributed by atoms with Crippen LogP contribution < -0.4 is 18.6 Å². The molecule has 0 aliphatic heterocycles. The molecule has 0 saturated heterocycles. The number of ether oxygens (including phenoxy) is 2. The summed E-state index contributed by atoms with van der Waals surface area (Å²) in [7, 11) is -1.06. The van der Waals surface area contributed by atoms with E-state index in [1.165, 1.54) is 14.2 Å². The van der Waals surface area contributed by atoms with Gasteiger partial charge in [-0.25, -0.2) is 0 Å². The van der Waals surface area contributed by atoms with Crippen LogP contribution in [-0.4, -0.2) is 39.9 Å². The molecule has 0 saturated carbocycles. The van der Waals surface area contributed by atoms with Gasteiger partial charge >= 0.3 is 7.32 Å². The fourth-order valence-corrected chi connectivity index (χ4v) is 2.60. The summed E-state index contributed by atoms with van der Waals surface area (Å²) in [5.74, 6) is 1.32. The fraction of sp³-hybridized carbons (Fsp3) is 0.571.